The van der Waals surface area contributed by atoms with Crippen molar-refractivity contribution in [3.8, 4) is 5.88 Å². The number of hydrogen-bond acceptors (Lipinski definition) is 5. The summed E-state index contributed by atoms with van der Waals surface area (Å²) in [7, 11) is 2.29. The molecule has 0 radical (unpaired) electrons. The Hall–Kier alpha value is -3.03. The maximum Gasteiger partial charge on any atom is 0.433 e. The van der Waals surface area contributed by atoms with Gasteiger partial charge in [0.25, 0.3) is 0 Å². The van der Waals surface area contributed by atoms with Crippen LogP contribution in [-0.2, 0) is 27.1 Å². The van der Waals surface area contributed by atoms with Crippen LogP contribution in [0.5, 0.6) is 5.88 Å². The molecule has 0 N–H and O–H groups in total. The van der Waals surface area contributed by atoms with Crippen molar-refractivity contribution in [3.63, 3.8) is 0 Å². The number of carbonyl (C=O) groups excluding carboxylic acids is 1. The fraction of sp³-hybridized carbons (Fsp3) is 0.222. The number of halogens is 3. The Labute approximate surface area is 153 Å². The van der Waals surface area contributed by atoms with Crippen LogP contribution in [0.3, 0.4) is 0 Å². The highest BCUT2D eigenvalue weighted by Crippen LogP contribution is 2.29. The highest BCUT2D eigenvalue weighted by molar-refractivity contribution is 6.16. The van der Waals surface area contributed by atoms with Gasteiger partial charge in [-0.3, -0.25) is 0 Å². The number of nitrogens with zero attached hydrogens (tertiary/aromatic N) is 1. The number of pyridine rings is 1. The number of aromatic nitrogens is 1. The summed E-state index contributed by atoms with van der Waals surface area (Å²) in [6, 6.07) is 0.653. The zero-order chi connectivity index (χ0) is 22.6. The maximum atomic E-state index is 12.8. The lowest BCUT2D eigenvalue weighted by Gasteiger charge is -2.13. The Morgan fingerprint density at radius 2 is 2.00 bits per heavy atom. The van der Waals surface area contributed by atoms with Crippen LogP contribution in [-0.4, -0.2) is 25.2 Å². The first kappa shape index (κ1) is 14.2. The Kier molecular flexibility index (Phi) is 4.56. The molecule has 0 spiro atoms. The summed E-state index contributed by atoms with van der Waals surface area (Å²) in [5.41, 5.74) is -1.96. The molecule has 26 heavy (non-hydrogen) atoms. The number of alkyl halides is 3. The van der Waals surface area contributed by atoms with Crippen LogP contribution >= 0.6 is 0 Å². The van der Waals surface area contributed by atoms with Gasteiger partial charge in [0, 0.05) is 6.07 Å². The minimum atomic E-state index is -4.69. The van der Waals surface area contributed by atoms with Crippen LogP contribution in [0.25, 0.3) is 5.57 Å². The van der Waals surface area contributed by atoms with E-state index >= 15 is 0 Å². The molecule has 1 heterocycles. The number of benzene rings is 1. The van der Waals surface area contributed by atoms with Gasteiger partial charge in [0.1, 0.15) is 17.9 Å². The molecule has 0 unspecified atom stereocenters. The van der Waals surface area contributed by atoms with Crippen molar-refractivity contribution >= 4 is 11.5 Å². The van der Waals surface area contributed by atoms with Crippen LogP contribution in [0, 0.1) is 0 Å². The summed E-state index contributed by atoms with van der Waals surface area (Å²) < 4.78 is 85.2. The number of rotatable bonds is 6. The first-order valence-corrected chi connectivity index (χ1v) is 7.10. The molecule has 1 aromatic heterocycles. The van der Waals surface area contributed by atoms with Crippen LogP contribution < -0.4 is 4.74 Å². The molecule has 138 valence electrons. The van der Waals surface area contributed by atoms with Gasteiger partial charge in [-0.05, 0) is 17.2 Å². The van der Waals surface area contributed by atoms with Crippen molar-refractivity contribution in [2.45, 2.75) is 12.8 Å². The average molecular weight is 371 g/mol. The average Bonchev–Trinajstić information content (AvgIpc) is 2.71. The van der Waals surface area contributed by atoms with Gasteiger partial charge in [0.15, 0.2) is 0 Å². The fourth-order valence-corrected chi connectivity index (χ4v) is 1.91. The molecule has 0 amide bonds. The third kappa shape index (κ3) is 4.75. The number of esters is 1. The van der Waals surface area contributed by atoms with E-state index in [1.54, 1.807) is 0 Å². The van der Waals surface area contributed by atoms with Gasteiger partial charge in [-0.25, -0.2) is 9.78 Å². The summed E-state index contributed by atoms with van der Waals surface area (Å²) in [5.74, 6) is -1.36. The van der Waals surface area contributed by atoms with Crippen molar-refractivity contribution < 1.29 is 37.7 Å². The van der Waals surface area contributed by atoms with Crippen molar-refractivity contribution in [2.75, 3.05) is 14.2 Å². The quantitative estimate of drug-likeness (QED) is 0.439. The molecule has 8 heteroatoms. The smallest absolute Gasteiger partial charge is 0.433 e. The van der Waals surface area contributed by atoms with E-state index in [4.69, 9.17) is 15.0 Å². The maximum absolute atomic E-state index is 12.8. The summed E-state index contributed by atoms with van der Waals surface area (Å²) in [4.78, 5) is 15.5. The highest BCUT2D eigenvalue weighted by Gasteiger charge is 2.32. The molecule has 0 saturated carbocycles. The summed E-state index contributed by atoms with van der Waals surface area (Å²) in [5, 5.41) is 0. The van der Waals surface area contributed by atoms with Gasteiger partial charge in [0.2, 0.25) is 5.88 Å². The van der Waals surface area contributed by atoms with Gasteiger partial charge in [0.05, 0.1) is 26.0 Å². The monoisotopic (exact) mass is 371 g/mol. The fourth-order valence-electron chi connectivity index (χ4n) is 1.91. The van der Waals surface area contributed by atoms with Gasteiger partial charge >= 0.3 is 12.1 Å². The Balaban J connectivity index is 2.57. The van der Waals surface area contributed by atoms with Crippen LogP contribution in [0.4, 0.5) is 13.2 Å². The van der Waals surface area contributed by atoms with Crippen molar-refractivity contribution in [2.24, 2.45) is 0 Å². The highest BCUT2D eigenvalue weighted by atomic mass is 19.4. The largest absolute Gasteiger partial charge is 0.503 e. The lowest BCUT2D eigenvalue weighted by molar-refractivity contribution is -0.141. The van der Waals surface area contributed by atoms with E-state index in [2.05, 4.69) is 9.72 Å². The molecule has 0 bridgehead atoms. The standard InChI is InChI=1S/C18H16F3NO4/c1-24-11-14(17(23)25-2)13-7-4-3-6-12(13)10-26-16-9-5-8-15(22-16)18(19,20)21/h3-9,11H,10H2,1-2H3/b14-11+/i3D,4D,6D,7D. The van der Waals surface area contributed by atoms with Gasteiger partial charge in [-0.2, -0.15) is 13.2 Å². The summed E-state index contributed by atoms with van der Waals surface area (Å²) in [6.07, 6.45) is -3.76. The number of ether oxygens (including phenoxy) is 3. The third-order valence-electron chi connectivity index (χ3n) is 3.05. The molecule has 0 aliphatic carbocycles. The predicted octanol–water partition coefficient (Wildman–Crippen LogP) is 3.84. The van der Waals surface area contributed by atoms with E-state index in [0.29, 0.717) is 0 Å². The molecule has 2 rings (SSSR count). The van der Waals surface area contributed by atoms with Gasteiger partial charge in [-0.1, -0.05) is 30.2 Å². The van der Waals surface area contributed by atoms with E-state index in [-0.39, 0.29) is 16.7 Å². The number of carbonyl (C=O) groups is 1. The Bertz CT molecular complexity index is 996. The zero-order valence-electron chi connectivity index (χ0n) is 17.7. The molecule has 0 fully saturated rings. The summed E-state index contributed by atoms with van der Waals surface area (Å²) >= 11 is 0. The van der Waals surface area contributed by atoms with Crippen LogP contribution in [0.1, 0.15) is 22.3 Å². The Morgan fingerprint density at radius 3 is 2.65 bits per heavy atom. The van der Waals surface area contributed by atoms with Crippen LogP contribution in [0.15, 0.2) is 48.6 Å². The minimum absolute atomic E-state index is 0.186. The zero-order valence-corrected chi connectivity index (χ0v) is 13.7. The third-order valence-corrected chi connectivity index (χ3v) is 3.05. The molecule has 0 aliphatic heterocycles. The molecule has 0 aliphatic rings. The normalized spacial score (nSPS) is 14.0. The molecule has 2 aromatic rings. The SMILES string of the molecule is [2H]c1c([2H])c([2H])c(/C(=C\OC)C(=O)OC)c(COc2cccc(C(F)(F)F)n2)c1[2H]. The van der Waals surface area contributed by atoms with E-state index in [0.717, 1.165) is 31.6 Å². The molecular formula is C18H16F3NO4. The first-order valence-electron chi connectivity index (χ1n) is 9.10. The second kappa shape index (κ2) is 8.37. The second-order valence-electron chi connectivity index (χ2n) is 4.76. The lowest BCUT2D eigenvalue weighted by atomic mass is 10.0. The molecule has 1 aromatic carbocycles. The lowest BCUT2D eigenvalue weighted by Crippen LogP contribution is -2.10. The van der Waals surface area contributed by atoms with Crippen molar-refractivity contribution in [1.29, 1.82) is 0 Å². The Morgan fingerprint density at radius 1 is 1.27 bits per heavy atom. The number of methoxy groups -OCH3 is 2. The van der Waals surface area contributed by atoms with E-state index in [9.17, 15) is 18.0 Å². The van der Waals surface area contributed by atoms with Crippen molar-refractivity contribution in [1.82, 2.24) is 4.98 Å². The van der Waals surface area contributed by atoms with Gasteiger partial charge in [-0.15, -0.1) is 0 Å². The van der Waals surface area contributed by atoms with E-state index < -0.39 is 54.5 Å². The summed E-state index contributed by atoms with van der Waals surface area (Å²) in [6.45, 7) is -0.599. The molecule has 0 saturated heterocycles. The predicted molar refractivity (Wildman–Crippen MR) is 87.0 cm³/mol. The van der Waals surface area contributed by atoms with Gasteiger partial charge < -0.3 is 14.2 Å². The van der Waals surface area contributed by atoms with Crippen molar-refractivity contribution in [3.05, 3.63) is 65.5 Å². The molecule has 5 nitrogen and oxygen atoms in total. The molecule has 0 atom stereocenters. The van der Waals surface area contributed by atoms with E-state index in [1.165, 1.54) is 7.11 Å². The number of hydrogen-bond donors (Lipinski definition) is 0. The van der Waals surface area contributed by atoms with E-state index in [1.807, 2.05) is 0 Å². The molecular weight excluding hydrogens is 351 g/mol. The first-order chi connectivity index (χ1) is 14.0. The topological polar surface area (TPSA) is 57.7 Å². The van der Waals surface area contributed by atoms with Crippen LogP contribution in [0.2, 0.25) is 0 Å². The minimum Gasteiger partial charge on any atom is -0.503 e. The second-order valence-corrected chi connectivity index (χ2v) is 4.76.